The molecule has 1 N–H and O–H groups in total. The SMILES string of the molecule is CN(C)C(CNC(=O)N1CC[C@@H](c2ccccc2)C1)c1ccsc1. The molecule has 1 aliphatic rings. The number of hydrogen-bond donors (Lipinski definition) is 1. The number of carbonyl (C=O) groups excluding carboxylic acids is 1. The second-order valence-electron chi connectivity index (χ2n) is 6.56. The van der Waals surface area contributed by atoms with Gasteiger partial charge in [-0.3, -0.25) is 0 Å². The summed E-state index contributed by atoms with van der Waals surface area (Å²) in [5.41, 5.74) is 2.59. The zero-order valence-electron chi connectivity index (χ0n) is 14.3. The van der Waals surface area contributed by atoms with E-state index < -0.39 is 0 Å². The van der Waals surface area contributed by atoms with Crippen LogP contribution >= 0.6 is 11.3 Å². The van der Waals surface area contributed by atoms with Crippen molar-refractivity contribution in [3.05, 3.63) is 58.3 Å². The fraction of sp³-hybridized carbons (Fsp3) is 0.421. The zero-order chi connectivity index (χ0) is 16.9. The molecule has 2 amide bonds. The average Bonchev–Trinajstić information content (AvgIpc) is 3.27. The highest BCUT2D eigenvalue weighted by atomic mass is 32.1. The predicted octanol–water partition coefficient (Wildman–Crippen LogP) is 3.55. The van der Waals surface area contributed by atoms with Crippen molar-refractivity contribution in [2.75, 3.05) is 33.7 Å². The van der Waals surface area contributed by atoms with Crippen LogP contribution in [0.25, 0.3) is 0 Å². The highest BCUT2D eigenvalue weighted by molar-refractivity contribution is 7.07. The molecule has 0 bridgehead atoms. The Labute approximate surface area is 148 Å². The Morgan fingerprint density at radius 1 is 1.33 bits per heavy atom. The number of amides is 2. The largest absolute Gasteiger partial charge is 0.336 e. The van der Waals surface area contributed by atoms with Gasteiger partial charge in [-0.15, -0.1) is 0 Å². The first-order valence-corrected chi connectivity index (χ1v) is 9.35. The molecule has 2 atom stereocenters. The van der Waals surface area contributed by atoms with Gasteiger partial charge in [-0.25, -0.2) is 4.79 Å². The van der Waals surface area contributed by atoms with Crippen LogP contribution in [-0.2, 0) is 0 Å². The molecular weight excluding hydrogens is 318 g/mol. The van der Waals surface area contributed by atoms with Gasteiger partial charge in [0.2, 0.25) is 0 Å². The lowest BCUT2D eigenvalue weighted by atomic mass is 9.99. The summed E-state index contributed by atoms with van der Waals surface area (Å²) in [5, 5.41) is 7.35. The number of benzene rings is 1. The molecule has 4 nitrogen and oxygen atoms in total. The van der Waals surface area contributed by atoms with Crippen molar-refractivity contribution >= 4 is 17.4 Å². The summed E-state index contributed by atoms with van der Waals surface area (Å²) in [7, 11) is 4.10. The summed E-state index contributed by atoms with van der Waals surface area (Å²) in [6.45, 7) is 2.27. The maximum absolute atomic E-state index is 12.5. The van der Waals surface area contributed by atoms with Crippen LogP contribution in [0.15, 0.2) is 47.2 Å². The first kappa shape index (κ1) is 17.0. The van der Waals surface area contributed by atoms with Gasteiger partial charge in [0.25, 0.3) is 0 Å². The lowest BCUT2D eigenvalue weighted by Gasteiger charge is -2.25. The molecule has 0 saturated carbocycles. The molecule has 2 aromatic rings. The second kappa shape index (κ2) is 7.81. The van der Waals surface area contributed by atoms with E-state index in [4.69, 9.17) is 0 Å². The first-order valence-electron chi connectivity index (χ1n) is 8.41. The molecule has 1 saturated heterocycles. The number of urea groups is 1. The molecule has 1 aromatic carbocycles. The third-order valence-electron chi connectivity index (χ3n) is 4.74. The Balaban J connectivity index is 1.54. The summed E-state index contributed by atoms with van der Waals surface area (Å²) >= 11 is 1.69. The molecule has 0 aliphatic carbocycles. The van der Waals surface area contributed by atoms with Gasteiger partial charge >= 0.3 is 6.03 Å². The average molecular weight is 343 g/mol. The summed E-state index contributed by atoms with van der Waals surface area (Å²) in [5.74, 6) is 0.457. The minimum absolute atomic E-state index is 0.0514. The maximum Gasteiger partial charge on any atom is 0.317 e. The number of rotatable bonds is 5. The topological polar surface area (TPSA) is 35.6 Å². The van der Waals surface area contributed by atoms with E-state index in [0.29, 0.717) is 12.5 Å². The fourth-order valence-corrected chi connectivity index (χ4v) is 4.01. The van der Waals surface area contributed by atoms with Gasteiger partial charge in [0.15, 0.2) is 0 Å². The molecule has 1 aromatic heterocycles. The number of hydrogen-bond acceptors (Lipinski definition) is 3. The van der Waals surface area contributed by atoms with Crippen molar-refractivity contribution in [3.8, 4) is 0 Å². The molecule has 2 heterocycles. The minimum Gasteiger partial charge on any atom is -0.336 e. The van der Waals surface area contributed by atoms with E-state index >= 15 is 0 Å². The molecule has 1 unspecified atom stereocenters. The van der Waals surface area contributed by atoms with Crippen molar-refractivity contribution in [2.45, 2.75) is 18.4 Å². The van der Waals surface area contributed by atoms with Gasteiger partial charge in [0.1, 0.15) is 0 Å². The number of carbonyl (C=O) groups is 1. The molecule has 0 spiro atoms. The highest BCUT2D eigenvalue weighted by Gasteiger charge is 2.27. The molecular formula is C19H25N3OS. The molecule has 128 valence electrons. The van der Waals surface area contributed by atoms with Crippen molar-refractivity contribution in [3.63, 3.8) is 0 Å². The van der Waals surface area contributed by atoms with Crippen LogP contribution in [0.4, 0.5) is 4.79 Å². The molecule has 1 fully saturated rings. The van der Waals surface area contributed by atoms with E-state index in [1.165, 1.54) is 11.1 Å². The van der Waals surface area contributed by atoms with Gasteiger partial charge in [-0.05, 0) is 48.5 Å². The highest BCUT2D eigenvalue weighted by Crippen LogP contribution is 2.27. The lowest BCUT2D eigenvalue weighted by Crippen LogP contribution is -2.42. The number of thiophene rings is 1. The third kappa shape index (κ3) is 3.97. The number of nitrogens with zero attached hydrogens (tertiary/aromatic N) is 2. The molecule has 3 rings (SSSR count). The predicted molar refractivity (Wildman–Crippen MR) is 99.5 cm³/mol. The van der Waals surface area contributed by atoms with E-state index in [9.17, 15) is 4.79 Å². The summed E-state index contributed by atoms with van der Waals surface area (Å²) < 4.78 is 0. The van der Waals surface area contributed by atoms with Crippen LogP contribution in [0.1, 0.15) is 29.5 Å². The van der Waals surface area contributed by atoms with Crippen molar-refractivity contribution in [1.82, 2.24) is 15.1 Å². The van der Waals surface area contributed by atoms with Gasteiger partial charge < -0.3 is 15.1 Å². The smallest absolute Gasteiger partial charge is 0.317 e. The van der Waals surface area contributed by atoms with Crippen molar-refractivity contribution < 1.29 is 4.79 Å². The quantitative estimate of drug-likeness (QED) is 0.901. The number of nitrogens with one attached hydrogen (secondary N) is 1. The zero-order valence-corrected chi connectivity index (χ0v) is 15.1. The van der Waals surface area contributed by atoms with Gasteiger partial charge in [0.05, 0.1) is 6.04 Å². The second-order valence-corrected chi connectivity index (χ2v) is 7.34. The lowest BCUT2D eigenvalue weighted by molar-refractivity contribution is 0.202. The number of likely N-dealkylation sites (N-methyl/N-ethyl adjacent to an activating group) is 1. The Morgan fingerprint density at radius 2 is 2.12 bits per heavy atom. The molecule has 5 heteroatoms. The molecule has 1 aliphatic heterocycles. The first-order chi connectivity index (χ1) is 11.6. The Kier molecular flexibility index (Phi) is 5.53. The molecule has 0 radical (unpaired) electrons. The van der Waals surface area contributed by atoms with Gasteiger partial charge in [-0.1, -0.05) is 30.3 Å². The molecule has 24 heavy (non-hydrogen) atoms. The van der Waals surface area contributed by atoms with Crippen LogP contribution < -0.4 is 5.32 Å². The van der Waals surface area contributed by atoms with E-state index in [2.05, 4.69) is 65.4 Å². The van der Waals surface area contributed by atoms with E-state index in [0.717, 1.165) is 19.5 Å². The van der Waals surface area contributed by atoms with Crippen LogP contribution in [0.3, 0.4) is 0 Å². The van der Waals surface area contributed by atoms with Crippen molar-refractivity contribution in [1.29, 1.82) is 0 Å². The van der Waals surface area contributed by atoms with Gasteiger partial charge in [0, 0.05) is 25.6 Å². The number of likely N-dealkylation sites (tertiary alicyclic amines) is 1. The van der Waals surface area contributed by atoms with Crippen molar-refractivity contribution in [2.24, 2.45) is 0 Å². The van der Waals surface area contributed by atoms with E-state index in [1.807, 2.05) is 11.0 Å². The standard InChI is InChI=1S/C19H25N3OS/c1-21(2)18(17-9-11-24-14-17)12-20-19(23)22-10-8-16(13-22)15-6-4-3-5-7-15/h3-7,9,11,14,16,18H,8,10,12-13H2,1-2H3,(H,20,23)/t16-,18?/m1/s1. The Bertz CT molecular complexity index is 642. The minimum atomic E-state index is 0.0514. The summed E-state index contributed by atoms with van der Waals surface area (Å²) in [6.07, 6.45) is 1.04. The monoisotopic (exact) mass is 343 g/mol. The van der Waals surface area contributed by atoms with Crippen LogP contribution in [0, 0.1) is 0 Å². The Hall–Kier alpha value is -1.85. The van der Waals surface area contributed by atoms with Crippen LogP contribution in [0.5, 0.6) is 0 Å². The van der Waals surface area contributed by atoms with Crippen LogP contribution in [-0.4, -0.2) is 49.6 Å². The van der Waals surface area contributed by atoms with E-state index in [1.54, 1.807) is 11.3 Å². The third-order valence-corrected chi connectivity index (χ3v) is 5.45. The maximum atomic E-state index is 12.5. The van der Waals surface area contributed by atoms with Crippen LogP contribution in [0.2, 0.25) is 0 Å². The van der Waals surface area contributed by atoms with Gasteiger partial charge in [-0.2, -0.15) is 11.3 Å². The normalized spacial score (nSPS) is 18.8. The summed E-state index contributed by atoms with van der Waals surface area (Å²) in [6, 6.07) is 12.9. The van der Waals surface area contributed by atoms with E-state index in [-0.39, 0.29) is 12.1 Å². The summed E-state index contributed by atoms with van der Waals surface area (Å²) in [4.78, 5) is 16.6. The fourth-order valence-electron chi connectivity index (χ4n) is 3.30. The Morgan fingerprint density at radius 3 is 2.79 bits per heavy atom.